The van der Waals surface area contributed by atoms with Gasteiger partial charge in [0.15, 0.2) is 0 Å². The maximum atomic E-state index is 12.4. The maximum absolute atomic E-state index is 12.4. The van der Waals surface area contributed by atoms with E-state index >= 15 is 0 Å². The summed E-state index contributed by atoms with van der Waals surface area (Å²) >= 11 is 0. The van der Waals surface area contributed by atoms with Crippen molar-refractivity contribution in [2.24, 2.45) is 11.8 Å². The minimum Gasteiger partial charge on any atom is -0.349 e. The number of piperazine rings is 1. The average molecular weight is 345 g/mol. The standard InChI is InChI=1S/C20H31N3O2/c24-14-22-9-11-23(12-10-22)16-7-5-15(6-8-16)13-18-17-3-1-2-4-19(17)21-20(18)25/h13-17,19H,1-12H2,(H,21,25)/b18-13+. The first kappa shape index (κ1) is 17.1. The zero-order chi connectivity index (χ0) is 17.2. The van der Waals surface area contributed by atoms with Crippen LogP contribution in [0.3, 0.4) is 0 Å². The summed E-state index contributed by atoms with van der Waals surface area (Å²) in [5.41, 5.74) is 1.10. The van der Waals surface area contributed by atoms with E-state index in [1.807, 2.05) is 4.90 Å². The number of nitrogens with one attached hydrogen (secondary N) is 1. The van der Waals surface area contributed by atoms with Crippen molar-refractivity contribution in [2.45, 2.75) is 63.5 Å². The number of carbonyl (C=O) groups is 2. The van der Waals surface area contributed by atoms with Crippen molar-refractivity contribution in [3.8, 4) is 0 Å². The second-order valence-corrected chi connectivity index (χ2v) is 8.34. The Morgan fingerprint density at radius 2 is 1.64 bits per heavy atom. The molecule has 5 nitrogen and oxygen atoms in total. The fourth-order valence-electron chi connectivity index (χ4n) is 5.39. The van der Waals surface area contributed by atoms with Gasteiger partial charge in [0.1, 0.15) is 0 Å². The highest BCUT2D eigenvalue weighted by molar-refractivity contribution is 5.96. The molecule has 0 bridgehead atoms. The molecule has 4 fully saturated rings. The van der Waals surface area contributed by atoms with Crippen LogP contribution >= 0.6 is 0 Å². The zero-order valence-electron chi connectivity index (χ0n) is 15.2. The Morgan fingerprint density at radius 3 is 2.36 bits per heavy atom. The van der Waals surface area contributed by atoms with Crippen LogP contribution in [0, 0.1) is 11.8 Å². The fraction of sp³-hybridized carbons (Fsp3) is 0.800. The second kappa shape index (κ2) is 7.48. The Kier molecular flexibility index (Phi) is 5.11. The number of nitrogens with zero attached hydrogens (tertiary/aromatic N) is 2. The highest BCUT2D eigenvalue weighted by Gasteiger charge is 2.39. The van der Waals surface area contributed by atoms with Gasteiger partial charge in [-0.3, -0.25) is 14.5 Å². The first-order valence-electron chi connectivity index (χ1n) is 10.2. The molecule has 0 spiro atoms. The molecule has 0 aromatic heterocycles. The molecular weight excluding hydrogens is 314 g/mol. The van der Waals surface area contributed by atoms with Crippen LogP contribution < -0.4 is 5.32 Å². The van der Waals surface area contributed by atoms with Gasteiger partial charge in [0.2, 0.25) is 12.3 Å². The molecule has 0 aromatic rings. The van der Waals surface area contributed by atoms with Crippen molar-refractivity contribution in [1.82, 2.24) is 15.1 Å². The molecule has 2 aliphatic heterocycles. The molecule has 25 heavy (non-hydrogen) atoms. The van der Waals surface area contributed by atoms with Crippen molar-refractivity contribution >= 4 is 12.3 Å². The number of fused-ring (bicyclic) bond motifs is 1. The van der Waals surface area contributed by atoms with Crippen LogP contribution in [0.15, 0.2) is 11.6 Å². The summed E-state index contributed by atoms with van der Waals surface area (Å²) in [4.78, 5) is 27.7. The summed E-state index contributed by atoms with van der Waals surface area (Å²) in [7, 11) is 0. The van der Waals surface area contributed by atoms with Crippen LogP contribution in [0.5, 0.6) is 0 Å². The number of carbonyl (C=O) groups excluding carboxylic acids is 2. The average Bonchev–Trinajstić information content (AvgIpc) is 2.98. The third-order valence-electron chi connectivity index (χ3n) is 6.92. The summed E-state index contributed by atoms with van der Waals surface area (Å²) in [6.07, 6.45) is 13.1. The van der Waals surface area contributed by atoms with E-state index in [4.69, 9.17) is 0 Å². The van der Waals surface area contributed by atoms with Gasteiger partial charge >= 0.3 is 0 Å². The lowest BCUT2D eigenvalue weighted by molar-refractivity contribution is -0.120. The zero-order valence-corrected chi connectivity index (χ0v) is 15.2. The van der Waals surface area contributed by atoms with Crippen LogP contribution in [0.2, 0.25) is 0 Å². The minimum absolute atomic E-state index is 0.212. The summed E-state index contributed by atoms with van der Waals surface area (Å²) in [6, 6.07) is 1.08. The molecule has 2 unspecified atom stereocenters. The molecule has 2 saturated heterocycles. The summed E-state index contributed by atoms with van der Waals surface area (Å²) in [5, 5.41) is 3.22. The Hall–Kier alpha value is -1.36. The Morgan fingerprint density at radius 1 is 0.920 bits per heavy atom. The lowest BCUT2D eigenvalue weighted by atomic mass is 9.79. The molecule has 5 heteroatoms. The predicted octanol–water partition coefficient (Wildman–Crippen LogP) is 1.93. The summed E-state index contributed by atoms with van der Waals surface area (Å²) in [5.74, 6) is 1.27. The van der Waals surface area contributed by atoms with E-state index in [1.165, 1.54) is 44.9 Å². The summed E-state index contributed by atoms with van der Waals surface area (Å²) < 4.78 is 0. The van der Waals surface area contributed by atoms with Gasteiger partial charge < -0.3 is 10.2 Å². The van der Waals surface area contributed by atoms with Gasteiger partial charge in [0.05, 0.1) is 0 Å². The van der Waals surface area contributed by atoms with Gasteiger partial charge in [-0.05, 0) is 44.4 Å². The SMILES string of the molecule is O=CN1CCN(C2CCC(/C=C3/C(=O)NC4CCCCC34)CC2)CC1. The Bertz CT molecular complexity index is 531. The van der Waals surface area contributed by atoms with E-state index in [0.29, 0.717) is 23.9 Å². The van der Waals surface area contributed by atoms with E-state index in [-0.39, 0.29) is 5.91 Å². The third kappa shape index (κ3) is 3.62. The molecular formula is C20H31N3O2. The fourth-order valence-corrected chi connectivity index (χ4v) is 5.39. The maximum Gasteiger partial charge on any atom is 0.247 e. The van der Waals surface area contributed by atoms with Crippen LogP contribution in [0.4, 0.5) is 0 Å². The lowest BCUT2D eigenvalue weighted by Gasteiger charge is -2.40. The van der Waals surface area contributed by atoms with Crippen molar-refractivity contribution < 1.29 is 9.59 Å². The van der Waals surface area contributed by atoms with E-state index < -0.39 is 0 Å². The molecule has 4 rings (SSSR count). The monoisotopic (exact) mass is 345 g/mol. The number of amides is 2. The van der Waals surface area contributed by atoms with Crippen LogP contribution in [-0.4, -0.2) is 60.4 Å². The number of hydrogen-bond donors (Lipinski definition) is 1. The summed E-state index contributed by atoms with van der Waals surface area (Å²) in [6.45, 7) is 3.77. The quantitative estimate of drug-likeness (QED) is 0.628. The van der Waals surface area contributed by atoms with Gasteiger partial charge in [-0.1, -0.05) is 18.9 Å². The largest absolute Gasteiger partial charge is 0.349 e. The molecule has 0 aromatic carbocycles. The second-order valence-electron chi connectivity index (χ2n) is 8.34. The molecule has 2 amide bonds. The molecule has 138 valence electrons. The van der Waals surface area contributed by atoms with Crippen LogP contribution in [-0.2, 0) is 9.59 Å². The molecule has 2 saturated carbocycles. The van der Waals surface area contributed by atoms with E-state index in [2.05, 4.69) is 16.3 Å². The highest BCUT2D eigenvalue weighted by atomic mass is 16.2. The van der Waals surface area contributed by atoms with Crippen LogP contribution in [0.25, 0.3) is 0 Å². The molecule has 1 N–H and O–H groups in total. The van der Waals surface area contributed by atoms with Gasteiger partial charge in [0, 0.05) is 49.8 Å². The van der Waals surface area contributed by atoms with Crippen molar-refractivity contribution in [3.63, 3.8) is 0 Å². The van der Waals surface area contributed by atoms with Crippen LogP contribution in [0.1, 0.15) is 51.4 Å². The van der Waals surface area contributed by atoms with E-state index in [0.717, 1.165) is 44.6 Å². The third-order valence-corrected chi connectivity index (χ3v) is 6.92. The Labute approximate surface area is 150 Å². The molecule has 0 radical (unpaired) electrons. The highest BCUT2D eigenvalue weighted by Crippen LogP contribution is 2.37. The minimum atomic E-state index is 0.212. The normalized spacial score (nSPS) is 38.5. The Balaban J connectivity index is 1.31. The first-order valence-corrected chi connectivity index (χ1v) is 10.2. The molecule has 2 aliphatic carbocycles. The molecule has 4 aliphatic rings. The predicted molar refractivity (Wildman–Crippen MR) is 96.9 cm³/mol. The number of allylic oxidation sites excluding steroid dienone is 1. The molecule has 2 heterocycles. The van der Waals surface area contributed by atoms with Gasteiger partial charge in [0.25, 0.3) is 0 Å². The van der Waals surface area contributed by atoms with Gasteiger partial charge in [-0.25, -0.2) is 0 Å². The topological polar surface area (TPSA) is 52.7 Å². The number of rotatable bonds is 3. The van der Waals surface area contributed by atoms with E-state index in [1.54, 1.807) is 0 Å². The van der Waals surface area contributed by atoms with Gasteiger partial charge in [-0.2, -0.15) is 0 Å². The molecule has 2 atom stereocenters. The first-order chi connectivity index (χ1) is 12.2. The lowest BCUT2D eigenvalue weighted by Crippen LogP contribution is -2.50. The van der Waals surface area contributed by atoms with Gasteiger partial charge in [-0.15, -0.1) is 0 Å². The van der Waals surface area contributed by atoms with Crippen molar-refractivity contribution in [1.29, 1.82) is 0 Å². The smallest absolute Gasteiger partial charge is 0.247 e. The van der Waals surface area contributed by atoms with Crippen molar-refractivity contribution in [3.05, 3.63) is 11.6 Å². The van der Waals surface area contributed by atoms with E-state index in [9.17, 15) is 9.59 Å². The number of hydrogen-bond acceptors (Lipinski definition) is 3. The van der Waals surface area contributed by atoms with Crippen molar-refractivity contribution in [2.75, 3.05) is 26.2 Å².